The van der Waals surface area contributed by atoms with Crippen LogP contribution in [0.1, 0.15) is 50.2 Å². The molecule has 1 fully saturated rings. The van der Waals surface area contributed by atoms with Gasteiger partial charge in [0.2, 0.25) is 0 Å². The van der Waals surface area contributed by atoms with Crippen LogP contribution in [-0.2, 0) is 6.42 Å². The highest BCUT2D eigenvalue weighted by molar-refractivity contribution is 5.22. The highest BCUT2D eigenvalue weighted by atomic mass is 14.9. The van der Waals surface area contributed by atoms with Crippen LogP contribution >= 0.6 is 0 Å². The molecule has 0 amide bonds. The summed E-state index contributed by atoms with van der Waals surface area (Å²) in [5.41, 5.74) is 2.84. The Hall–Kier alpha value is -0.820. The second-order valence-corrected chi connectivity index (χ2v) is 5.87. The summed E-state index contributed by atoms with van der Waals surface area (Å²) in [5, 5.41) is 3.73. The lowest BCUT2D eigenvalue weighted by Gasteiger charge is -2.30. The quantitative estimate of drug-likeness (QED) is 0.762. The first-order valence-corrected chi connectivity index (χ1v) is 7.57. The van der Waals surface area contributed by atoms with E-state index in [4.69, 9.17) is 0 Å². The van der Waals surface area contributed by atoms with Gasteiger partial charge in [0.1, 0.15) is 0 Å². The molecule has 0 spiro atoms. The van der Waals surface area contributed by atoms with Crippen LogP contribution in [-0.4, -0.2) is 12.6 Å². The van der Waals surface area contributed by atoms with E-state index in [1.54, 1.807) is 0 Å². The largest absolute Gasteiger partial charge is 0.314 e. The molecule has 0 heterocycles. The number of aryl methyl sites for hydroxylation is 1. The van der Waals surface area contributed by atoms with E-state index in [0.717, 1.165) is 12.5 Å². The highest BCUT2D eigenvalue weighted by Gasteiger charge is 2.21. The lowest BCUT2D eigenvalue weighted by molar-refractivity contribution is 0.259. The van der Waals surface area contributed by atoms with E-state index < -0.39 is 0 Å². The minimum absolute atomic E-state index is 0.679. The fraction of sp³-hybridized carbons (Fsp3) is 0.647. The Kier molecular flexibility index (Phi) is 5.25. The zero-order valence-corrected chi connectivity index (χ0v) is 11.9. The minimum atomic E-state index is 0.679. The van der Waals surface area contributed by atoms with Gasteiger partial charge in [-0.3, -0.25) is 0 Å². The van der Waals surface area contributed by atoms with E-state index in [1.165, 1.54) is 49.7 Å². The van der Waals surface area contributed by atoms with Crippen LogP contribution in [0.4, 0.5) is 0 Å². The van der Waals surface area contributed by atoms with Gasteiger partial charge in [-0.15, -0.1) is 0 Å². The lowest BCUT2D eigenvalue weighted by atomic mass is 9.80. The van der Waals surface area contributed by atoms with Crippen molar-refractivity contribution in [2.45, 2.75) is 58.4 Å². The van der Waals surface area contributed by atoms with E-state index in [2.05, 4.69) is 43.4 Å². The molecular formula is C17H27N. The molecule has 1 aliphatic rings. The van der Waals surface area contributed by atoms with Crippen LogP contribution in [0.25, 0.3) is 0 Å². The second-order valence-electron chi connectivity index (χ2n) is 5.87. The van der Waals surface area contributed by atoms with Gasteiger partial charge < -0.3 is 5.32 Å². The SMILES string of the molecule is CCCNC(Cc1ccc(C)cc1)CC1CCC1. The second kappa shape index (κ2) is 6.94. The molecule has 1 aromatic rings. The van der Waals surface area contributed by atoms with E-state index in [1.807, 2.05) is 0 Å². The van der Waals surface area contributed by atoms with Gasteiger partial charge in [0.15, 0.2) is 0 Å². The predicted molar refractivity (Wildman–Crippen MR) is 78.9 cm³/mol. The van der Waals surface area contributed by atoms with Gasteiger partial charge in [0.25, 0.3) is 0 Å². The summed E-state index contributed by atoms with van der Waals surface area (Å²) in [5.74, 6) is 0.991. The smallest absolute Gasteiger partial charge is 0.0110 e. The van der Waals surface area contributed by atoms with Crippen molar-refractivity contribution in [2.24, 2.45) is 5.92 Å². The van der Waals surface area contributed by atoms with Crippen LogP contribution in [0.15, 0.2) is 24.3 Å². The van der Waals surface area contributed by atoms with Crippen molar-refractivity contribution in [1.82, 2.24) is 5.32 Å². The molecule has 1 atom stereocenters. The van der Waals surface area contributed by atoms with Crippen LogP contribution < -0.4 is 5.32 Å². The Morgan fingerprint density at radius 2 is 1.94 bits per heavy atom. The predicted octanol–water partition coefficient (Wildman–Crippen LogP) is 4.10. The molecule has 0 bridgehead atoms. The van der Waals surface area contributed by atoms with Crippen LogP contribution in [0.2, 0.25) is 0 Å². The molecule has 1 N–H and O–H groups in total. The Bertz CT molecular complexity index is 337. The molecule has 1 aromatic carbocycles. The van der Waals surface area contributed by atoms with Crippen molar-refractivity contribution >= 4 is 0 Å². The van der Waals surface area contributed by atoms with Crippen molar-refractivity contribution in [3.63, 3.8) is 0 Å². The molecule has 1 aliphatic carbocycles. The summed E-state index contributed by atoms with van der Waals surface area (Å²) < 4.78 is 0. The average Bonchev–Trinajstić information content (AvgIpc) is 2.33. The van der Waals surface area contributed by atoms with Gasteiger partial charge in [-0.1, -0.05) is 56.0 Å². The summed E-state index contributed by atoms with van der Waals surface area (Å²) in [6, 6.07) is 9.72. The summed E-state index contributed by atoms with van der Waals surface area (Å²) in [6.45, 7) is 5.56. The molecule has 2 rings (SSSR count). The van der Waals surface area contributed by atoms with E-state index in [0.29, 0.717) is 6.04 Å². The molecule has 1 heteroatoms. The molecule has 18 heavy (non-hydrogen) atoms. The number of hydrogen-bond donors (Lipinski definition) is 1. The third kappa shape index (κ3) is 4.13. The normalized spacial score (nSPS) is 17.4. The van der Waals surface area contributed by atoms with Crippen LogP contribution in [0.3, 0.4) is 0 Å². The van der Waals surface area contributed by atoms with E-state index in [-0.39, 0.29) is 0 Å². The first-order chi connectivity index (χ1) is 8.78. The highest BCUT2D eigenvalue weighted by Crippen LogP contribution is 2.31. The molecule has 0 saturated heterocycles. The number of hydrogen-bond acceptors (Lipinski definition) is 1. The molecule has 1 unspecified atom stereocenters. The Morgan fingerprint density at radius 3 is 2.50 bits per heavy atom. The van der Waals surface area contributed by atoms with Gasteiger partial charge in [0.05, 0.1) is 0 Å². The third-order valence-electron chi connectivity index (χ3n) is 4.13. The Labute approximate surface area is 112 Å². The fourth-order valence-electron chi connectivity index (χ4n) is 2.73. The first kappa shape index (κ1) is 13.6. The average molecular weight is 245 g/mol. The maximum Gasteiger partial charge on any atom is 0.0110 e. The van der Waals surface area contributed by atoms with Gasteiger partial charge >= 0.3 is 0 Å². The first-order valence-electron chi connectivity index (χ1n) is 7.57. The van der Waals surface area contributed by atoms with E-state index >= 15 is 0 Å². The van der Waals surface area contributed by atoms with Crippen LogP contribution in [0.5, 0.6) is 0 Å². The Morgan fingerprint density at radius 1 is 1.22 bits per heavy atom. The monoisotopic (exact) mass is 245 g/mol. The summed E-state index contributed by atoms with van der Waals surface area (Å²) in [7, 11) is 0. The lowest BCUT2D eigenvalue weighted by Crippen LogP contribution is -2.35. The van der Waals surface area contributed by atoms with Gasteiger partial charge in [-0.05, 0) is 44.2 Å². The molecule has 0 radical (unpaired) electrons. The zero-order chi connectivity index (χ0) is 12.8. The zero-order valence-electron chi connectivity index (χ0n) is 11.9. The van der Waals surface area contributed by atoms with Crippen molar-refractivity contribution < 1.29 is 0 Å². The summed E-state index contributed by atoms with van der Waals surface area (Å²) in [4.78, 5) is 0. The van der Waals surface area contributed by atoms with Crippen molar-refractivity contribution in [1.29, 1.82) is 0 Å². The standard InChI is InChI=1S/C17H27N/c1-3-11-18-17(12-15-5-4-6-15)13-16-9-7-14(2)8-10-16/h7-10,15,17-18H,3-6,11-13H2,1-2H3. The van der Waals surface area contributed by atoms with Gasteiger partial charge in [-0.25, -0.2) is 0 Å². The number of benzene rings is 1. The molecule has 0 aromatic heterocycles. The maximum absolute atomic E-state index is 3.73. The molecule has 1 nitrogen and oxygen atoms in total. The van der Waals surface area contributed by atoms with Crippen molar-refractivity contribution in [2.75, 3.05) is 6.54 Å². The minimum Gasteiger partial charge on any atom is -0.314 e. The topological polar surface area (TPSA) is 12.0 Å². The molecule has 1 saturated carbocycles. The fourth-order valence-corrected chi connectivity index (χ4v) is 2.73. The third-order valence-corrected chi connectivity index (χ3v) is 4.13. The Balaban J connectivity index is 1.88. The molecule has 100 valence electrons. The van der Waals surface area contributed by atoms with Crippen molar-refractivity contribution in [3.8, 4) is 0 Å². The van der Waals surface area contributed by atoms with Gasteiger partial charge in [0, 0.05) is 6.04 Å². The number of rotatable bonds is 7. The maximum atomic E-state index is 3.73. The number of nitrogens with one attached hydrogen (secondary N) is 1. The van der Waals surface area contributed by atoms with Crippen molar-refractivity contribution in [3.05, 3.63) is 35.4 Å². The van der Waals surface area contributed by atoms with Crippen LogP contribution in [0, 0.1) is 12.8 Å². The molecular weight excluding hydrogens is 218 g/mol. The van der Waals surface area contributed by atoms with Gasteiger partial charge in [-0.2, -0.15) is 0 Å². The molecule has 0 aliphatic heterocycles. The van der Waals surface area contributed by atoms with E-state index in [9.17, 15) is 0 Å². The summed E-state index contributed by atoms with van der Waals surface area (Å²) >= 11 is 0. The summed E-state index contributed by atoms with van der Waals surface area (Å²) in [6.07, 6.45) is 8.16.